The van der Waals surface area contributed by atoms with Crippen LogP contribution in [0.5, 0.6) is 0 Å². The molecule has 1 aromatic carbocycles. The molecular formula is C14H13F2NOS2. The third-order valence-electron chi connectivity index (χ3n) is 2.62. The van der Waals surface area contributed by atoms with E-state index in [1.807, 2.05) is 19.9 Å². The predicted molar refractivity (Wildman–Crippen MR) is 80.0 cm³/mol. The van der Waals surface area contributed by atoms with Gasteiger partial charge in [0, 0.05) is 20.3 Å². The molecule has 0 saturated heterocycles. The molecule has 2 rings (SSSR count). The fourth-order valence-electron chi connectivity index (χ4n) is 1.77. The molecule has 2 nitrogen and oxygen atoms in total. The molecule has 0 aliphatic rings. The number of benzene rings is 1. The molecule has 0 spiro atoms. The smallest absolute Gasteiger partial charge is 0.288 e. The Hall–Kier alpha value is -1.40. The van der Waals surface area contributed by atoms with Crippen LogP contribution in [0.2, 0.25) is 0 Å². The maximum atomic E-state index is 12.2. The van der Waals surface area contributed by atoms with Crippen LogP contribution in [-0.2, 0) is 0 Å². The Morgan fingerprint density at radius 1 is 1.25 bits per heavy atom. The van der Waals surface area contributed by atoms with E-state index in [-0.39, 0.29) is 5.91 Å². The van der Waals surface area contributed by atoms with Crippen molar-refractivity contribution in [2.45, 2.75) is 24.5 Å². The van der Waals surface area contributed by atoms with Gasteiger partial charge in [0.05, 0.1) is 5.56 Å². The number of nitrogens with one attached hydrogen (secondary N) is 1. The second-order valence-electron chi connectivity index (χ2n) is 4.18. The summed E-state index contributed by atoms with van der Waals surface area (Å²) < 4.78 is 24.4. The minimum absolute atomic E-state index is 0.180. The third kappa shape index (κ3) is 3.80. The minimum Gasteiger partial charge on any atom is -0.322 e. The summed E-state index contributed by atoms with van der Waals surface area (Å²) >= 11 is 2.05. The van der Waals surface area contributed by atoms with Crippen molar-refractivity contribution in [1.82, 2.24) is 0 Å². The normalized spacial score (nSPS) is 10.8. The first-order valence-electron chi connectivity index (χ1n) is 5.89. The van der Waals surface area contributed by atoms with E-state index in [1.165, 1.54) is 0 Å². The fourth-order valence-corrected chi connectivity index (χ4v) is 3.19. The standard InChI is InChI=1S/C14H13F2NOS2/c1-8-7-12(9(2)19-8)13(18)17-10-3-5-11(6-4-10)20-14(15)16/h3-7,14H,1-2H3,(H,17,18). The third-order valence-corrected chi connectivity index (χ3v) is 4.31. The number of amides is 1. The lowest BCUT2D eigenvalue weighted by molar-refractivity contribution is 0.102. The Labute approximate surface area is 124 Å². The minimum atomic E-state index is -2.44. The van der Waals surface area contributed by atoms with Crippen molar-refractivity contribution in [3.05, 3.63) is 45.6 Å². The highest BCUT2D eigenvalue weighted by atomic mass is 32.2. The Morgan fingerprint density at radius 2 is 1.90 bits per heavy atom. The largest absolute Gasteiger partial charge is 0.322 e. The number of carbonyl (C=O) groups is 1. The molecule has 2 aromatic rings. The average molecular weight is 313 g/mol. The van der Waals surface area contributed by atoms with Crippen LogP contribution in [0, 0.1) is 13.8 Å². The van der Waals surface area contributed by atoms with Crippen LogP contribution < -0.4 is 5.32 Å². The highest BCUT2D eigenvalue weighted by molar-refractivity contribution is 7.99. The van der Waals surface area contributed by atoms with Crippen molar-refractivity contribution >= 4 is 34.7 Å². The number of rotatable bonds is 4. The van der Waals surface area contributed by atoms with Gasteiger partial charge in [-0.1, -0.05) is 11.8 Å². The zero-order chi connectivity index (χ0) is 14.7. The molecule has 0 unspecified atom stereocenters. The van der Waals surface area contributed by atoms with Crippen molar-refractivity contribution < 1.29 is 13.6 Å². The molecule has 1 amide bonds. The molecular weight excluding hydrogens is 300 g/mol. The summed E-state index contributed by atoms with van der Waals surface area (Å²) in [5.41, 5.74) is 1.25. The SMILES string of the molecule is Cc1cc(C(=O)Nc2ccc(SC(F)F)cc2)c(C)s1. The van der Waals surface area contributed by atoms with Gasteiger partial charge >= 0.3 is 0 Å². The monoisotopic (exact) mass is 313 g/mol. The number of alkyl halides is 2. The van der Waals surface area contributed by atoms with Crippen LogP contribution in [0.25, 0.3) is 0 Å². The van der Waals surface area contributed by atoms with Gasteiger partial charge in [0.25, 0.3) is 11.7 Å². The Balaban J connectivity index is 2.06. The molecule has 1 N–H and O–H groups in total. The zero-order valence-corrected chi connectivity index (χ0v) is 12.6. The highest BCUT2D eigenvalue weighted by Gasteiger charge is 2.12. The Morgan fingerprint density at radius 3 is 2.40 bits per heavy atom. The van der Waals surface area contributed by atoms with Gasteiger partial charge in [-0.3, -0.25) is 4.79 Å². The van der Waals surface area contributed by atoms with Gasteiger partial charge in [0.15, 0.2) is 0 Å². The van der Waals surface area contributed by atoms with E-state index >= 15 is 0 Å². The van der Waals surface area contributed by atoms with Gasteiger partial charge in [0.1, 0.15) is 0 Å². The first-order valence-corrected chi connectivity index (χ1v) is 7.58. The molecule has 0 fully saturated rings. The predicted octanol–water partition coefficient (Wildman–Crippen LogP) is 4.93. The van der Waals surface area contributed by atoms with Gasteiger partial charge in [-0.2, -0.15) is 8.78 Å². The number of anilines is 1. The topological polar surface area (TPSA) is 29.1 Å². The van der Waals surface area contributed by atoms with Gasteiger partial charge < -0.3 is 5.32 Å². The van der Waals surface area contributed by atoms with E-state index in [4.69, 9.17) is 0 Å². The lowest BCUT2D eigenvalue weighted by Crippen LogP contribution is -2.11. The van der Waals surface area contributed by atoms with Crippen molar-refractivity contribution in [2.24, 2.45) is 0 Å². The van der Waals surface area contributed by atoms with Gasteiger partial charge in [-0.25, -0.2) is 0 Å². The second kappa shape index (κ2) is 6.37. The molecule has 0 aliphatic heterocycles. The van der Waals surface area contributed by atoms with Gasteiger partial charge in [-0.15, -0.1) is 11.3 Å². The van der Waals surface area contributed by atoms with E-state index in [1.54, 1.807) is 35.6 Å². The molecule has 0 aliphatic carbocycles. The van der Waals surface area contributed by atoms with Crippen LogP contribution >= 0.6 is 23.1 Å². The molecule has 20 heavy (non-hydrogen) atoms. The van der Waals surface area contributed by atoms with Crippen molar-refractivity contribution in [1.29, 1.82) is 0 Å². The lowest BCUT2D eigenvalue weighted by Gasteiger charge is -2.06. The van der Waals surface area contributed by atoms with Gasteiger partial charge in [0.2, 0.25) is 0 Å². The molecule has 0 radical (unpaired) electrons. The molecule has 0 bridgehead atoms. The van der Waals surface area contributed by atoms with Crippen LogP contribution in [-0.4, -0.2) is 11.7 Å². The fraction of sp³-hybridized carbons (Fsp3) is 0.214. The lowest BCUT2D eigenvalue weighted by atomic mass is 10.2. The number of thioether (sulfide) groups is 1. The summed E-state index contributed by atoms with van der Waals surface area (Å²) in [6, 6.07) is 8.22. The summed E-state index contributed by atoms with van der Waals surface area (Å²) in [5.74, 6) is -2.62. The summed E-state index contributed by atoms with van der Waals surface area (Å²) in [4.78, 5) is 14.6. The van der Waals surface area contributed by atoms with Crippen LogP contribution in [0.1, 0.15) is 20.1 Å². The van der Waals surface area contributed by atoms with Crippen molar-refractivity contribution in [3.8, 4) is 0 Å². The number of hydrogen-bond donors (Lipinski definition) is 1. The number of halogens is 2. The average Bonchev–Trinajstić information content (AvgIpc) is 2.70. The first-order chi connectivity index (χ1) is 9.45. The maximum absolute atomic E-state index is 12.2. The van der Waals surface area contributed by atoms with Gasteiger partial charge in [-0.05, 0) is 44.2 Å². The molecule has 0 atom stereocenters. The molecule has 0 saturated carbocycles. The Kier molecular flexibility index (Phi) is 4.77. The van der Waals surface area contributed by atoms with Crippen LogP contribution in [0.4, 0.5) is 14.5 Å². The second-order valence-corrected chi connectivity index (χ2v) is 6.71. The van der Waals surface area contributed by atoms with Crippen molar-refractivity contribution in [2.75, 3.05) is 5.32 Å². The number of aryl methyl sites for hydroxylation is 2. The quantitative estimate of drug-likeness (QED) is 0.811. The van der Waals surface area contributed by atoms with E-state index in [0.717, 1.165) is 9.75 Å². The van der Waals surface area contributed by atoms with Crippen LogP contribution in [0.15, 0.2) is 35.2 Å². The number of carbonyl (C=O) groups excluding carboxylic acids is 1. The van der Waals surface area contributed by atoms with E-state index < -0.39 is 5.76 Å². The van der Waals surface area contributed by atoms with Crippen molar-refractivity contribution in [3.63, 3.8) is 0 Å². The summed E-state index contributed by atoms with van der Waals surface area (Å²) in [6.07, 6.45) is 0. The first kappa shape index (κ1) is 15.0. The molecule has 6 heteroatoms. The molecule has 1 heterocycles. The highest BCUT2D eigenvalue weighted by Crippen LogP contribution is 2.27. The van der Waals surface area contributed by atoms with Crippen LogP contribution in [0.3, 0.4) is 0 Å². The number of hydrogen-bond acceptors (Lipinski definition) is 3. The number of thiophene rings is 1. The van der Waals surface area contributed by atoms with E-state index in [9.17, 15) is 13.6 Å². The zero-order valence-electron chi connectivity index (χ0n) is 10.9. The summed E-state index contributed by atoms with van der Waals surface area (Å²) in [6.45, 7) is 3.85. The van der Waals surface area contributed by atoms with E-state index in [0.29, 0.717) is 27.9 Å². The van der Waals surface area contributed by atoms with E-state index in [2.05, 4.69) is 5.32 Å². The maximum Gasteiger partial charge on any atom is 0.288 e. The molecule has 1 aromatic heterocycles. The molecule has 106 valence electrons. The Bertz CT molecular complexity index is 608. The summed E-state index contributed by atoms with van der Waals surface area (Å²) in [7, 11) is 0. The summed E-state index contributed by atoms with van der Waals surface area (Å²) in [5, 5.41) is 2.76.